The molecule has 1 aliphatic rings. The van der Waals surface area contributed by atoms with Crippen molar-refractivity contribution in [2.45, 2.75) is 19.8 Å². The van der Waals surface area contributed by atoms with Crippen molar-refractivity contribution in [2.24, 2.45) is 5.41 Å². The van der Waals surface area contributed by atoms with E-state index in [0.717, 1.165) is 0 Å². The van der Waals surface area contributed by atoms with Crippen molar-refractivity contribution < 1.29 is 14.3 Å². The van der Waals surface area contributed by atoms with E-state index in [4.69, 9.17) is 0 Å². The SMILES string of the molecule is CCC1(C(=O)OC)CCNCC1=O. The van der Waals surface area contributed by atoms with Gasteiger partial charge in [-0.3, -0.25) is 9.59 Å². The standard InChI is InChI=1S/C9H15NO3/c1-3-9(8(12)13-2)4-5-10-6-7(9)11/h10H,3-6H2,1-2H3. The maximum atomic E-state index is 11.6. The topological polar surface area (TPSA) is 55.4 Å². The van der Waals surface area contributed by atoms with E-state index in [2.05, 4.69) is 10.1 Å². The first-order valence-electron chi connectivity index (χ1n) is 4.50. The number of rotatable bonds is 2. The normalized spacial score (nSPS) is 28.6. The molecule has 1 saturated heterocycles. The maximum Gasteiger partial charge on any atom is 0.319 e. The molecule has 1 unspecified atom stereocenters. The minimum atomic E-state index is -0.875. The van der Waals surface area contributed by atoms with E-state index in [1.165, 1.54) is 7.11 Å². The molecule has 0 radical (unpaired) electrons. The third-order valence-electron chi connectivity index (χ3n) is 2.73. The second-order valence-corrected chi connectivity index (χ2v) is 3.28. The van der Waals surface area contributed by atoms with Crippen LogP contribution in [0.25, 0.3) is 0 Å². The molecule has 4 heteroatoms. The number of hydrogen-bond donors (Lipinski definition) is 1. The molecule has 4 nitrogen and oxygen atoms in total. The molecular weight excluding hydrogens is 170 g/mol. The summed E-state index contributed by atoms with van der Waals surface area (Å²) in [6.45, 7) is 2.83. The fourth-order valence-electron chi connectivity index (χ4n) is 1.74. The Morgan fingerprint density at radius 1 is 1.69 bits per heavy atom. The lowest BCUT2D eigenvalue weighted by molar-refractivity contribution is -0.159. The van der Waals surface area contributed by atoms with Gasteiger partial charge < -0.3 is 10.1 Å². The van der Waals surface area contributed by atoms with Gasteiger partial charge in [-0.05, 0) is 19.4 Å². The van der Waals surface area contributed by atoms with Crippen molar-refractivity contribution >= 4 is 11.8 Å². The second-order valence-electron chi connectivity index (χ2n) is 3.28. The van der Waals surface area contributed by atoms with Crippen LogP contribution >= 0.6 is 0 Å². The smallest absolute Gasteiger partial charge is 0.319 e. The summed E-state index contributed by atoms with van der Waals surface area (Å²) >= 11 is 0. The van der Waals surface area contributed by atoms with Gasteiger partial charge in [-0.2, -0.15) is 0 Å². The molecule has 1 N–H and O–H groups in total. The number of ether oxygens (including phenoxy) is 1. The molecule has 0 saturated carbocycles. The number of hydrogen-bond acceptors (Lipinski definition) is 4. The number of esters is 1. The van der Waals surface area contributed by atoms with Gasteiger partial charge in [0.05, 0.1) is 13.7 Å². The lowest BCUT2D eigenvalue weighted by atomic mass is 9.76. The predicted molar refractivity (Wildman–Crippen MR) is 47.2 cm³/mol. The van der Waals surface area contributed by atoms with Crippen LogP contribution in [0.2, 0.25) is 0 Å². The van der Waals surface area contributed by atoms with Crippen molar-refractivity contribution in [1.29, 1.82) is 0 Å². The van der Waals surface area contributed by atoms with Crippen molar-refractivity contribution in [2.75, 3.05) is 20.2 Å². The molecule has 0 amide bonds. The zero-order valence-corrected chi connectivity index (χ0v) is 8.05. The zero-order valence-electron chi connectivity index (χ0n) is 8.05. The Hall–Kier alpha value is -0.900. The highest BCUT2D eigenvalue weighted by atomic mass is 16.5. The summed E-state index contributed by atoms with van der Waals surface area (Å²) in [4.78, 5) is 23.0. The minimum Gasteiger partial charge on any atom is -0.468 e. The first-order chi connectivity index (χ1) is 6.17. The molecule has 1 atom stereocenters. The van der Waals surface area contributed by atoms with Crippen LogP contribution in [0, 0.1) is 5.41 Å². The lowest BCUT2D eigenvalue weighted by Crippen LogP contribution is -2.50. The Morgan fingerprint density at radius 3 is 2.85 bits per heavy atom. The summed E-state index contributed by atoms with van der Waals surface area (Å²) in [6, 6.07) is 0. The number of carbonyl (C=O) groups excluding carboxylic acids is 2. The second kappa shape index (κ2) is 3.87. The molecule has 1 rings (SSSR count). The Morgan fingerprint density at radius 2 is 2.38 bits per heavy atom. The first-order valence-corrected chi connectivity index (χ1v) is 4.50. The summed E-state index contributed by atoms with van der Waals surface area (Å²) in [7, 11) is 1.33. The quantitative estimate of drug-likeness (QED) is 0.490. The summed E-state index contributed by atoms with van der Waals surface area (Å²) in [6.07, 6.45) is 1.08. The molecule has 13 heavy (non-hydrogen) atoms. The molecule has 74 valence electrons. The Labute approximate surface area is 77.6 Å². The lowest BCUT2D eigenvalue weighted by Gasteiger charge is -2.32. The van der Waals surface area contributed by atoms with Crippen LogP contribution in [0.4, 0.5) is 0 Å². The molecular formula is C9H15NO3. The number of piperidine rings is 1. The van der Waals surface area contributed by atoms with E-state index in [9.17, 15) is 9.59 Å². The van der Waals surface area contributed by atoms with Gasteiger partial charge in [-0.25, -0.2) is 0 Å². The van der Waals surface area contributed by atoms with Crippen LogP contribution in [-0.4, -0.2) is 32.0 Å². The average molecular weight is 185 g/mol. The summed E-state index contributed by atoms with van der Waals surface area (Å²) in [5.41, 5.74) is -0.875. The minimum absolute atomic E-state index is 0.0481. The fourth-order valence-corrected chi connectivity index (χ4v) is 1.74. The van der Waals surface area contributed by atoms with E-state index < -0.39 is 5.41 Å². The summed E-state index contributed by atoms with van der Waals surface area (Å²) in [5, 5.41) is 2.95. The molecule has 0 bridgehead atoms. The van der Waals surface area contributed by atoms with Gasteiger partial charge >= 0.3 is 5.97 Å². The van der Waals surface area contributed by atoms with E-state index in [1.54, 1.807) is 0 Å². The van der Waals surface area contributed by atoms with Crippen molar-refractivity contribution in [3.05, 3.63) is 0 Å². The summed E-state index contributed by atoms with van der Waals surface area (Å²) in [5.74, 6) is -0.436. The highest BCUT2D eigenvalue weighted by Gasteiger charge is 2.45. The Kier molecular flexibility index (Phi) is 3.03. The number of methoxy groups -OCH3 is 1. The van der Waals surface area contributed by atoms with Crippen LogP contribution in [0.3, 0.4) is 0 Å². The molecule has 0 aliphatic carbocycles. The molecule has 0 aromatic heterocycles. The third-order valence-corrected chi connectivity index (χ3v) is 2.73. The predicted octanol–water partition coefficient (Wildman–Crippen LogP) is 0.118. The molecule has 1 heterocycles. The summed E-state index contributed by atoms with van der Waals surface area (Å²) < 4.78 is 4.67. The molecule has 1 fully saturated rings. The van der Waals surface area contributed by atoms with Crippen LogP contribution in [0.1, 0.15) is 19.8 Å². The van der Waals surface area contributed by atoms with Crippen LogP contribution in [0.15, 0.2) is 0 Å². The number of nitrogens with one attached hydrogen (secondary N) is 1. The van der Waals surface area contributed by atoms with Gasteiger partial charge in [0.1, 0.15) is 5.41 Å². The van der Waals surface area contributed by atoms with Gasteiger partial charge in [0.2, 0.25) is 0 Å². The fraction of sp³-hybridized carbons (Fsp3) is 0.778. The highest BCUT2D eigenvalue weighted by molar-refractivity contribution is 6.05. The van der Waals surface area contributed by atoms with Crippen LogP contribution < -0.4 is 5.32 Å². The largest absolute Gasteiger partial charge is 0.468 e. The van der Waals surface area contributed by atoms with E-state index in [-0.39, 0.29) is 18.3 Å². The van der Waals surface area contributed by atoms with Gasteiger partial charge in [0.15, 0.2) is 5.78 Å². The molecule has 1 aliphatic heterocycles. The Balaban J connectivity index is 2.88. The van der Waals surface area contributed by atoms with Crippen LogP contribution in [-0.2, 0) is 14.3 Å². The highest BCUT2D eigenvalue weighted by Crippen LogP contribution is 2.30. The number of ketones is 1. The maximum absolute atomic E-state index is 11.6. The number of carbonyl (C=O) groups is 2. The van der Waals surface area contributed by atoms with Crippen molar-refractivity contribution in [1.82, 2.24) is 5.32 Å². The number of Topliss-reactive ketones (excluding diaryl/α,β-unsaturated/α-hetero) is 1. The van der Waals surface area contributed by atoms with Crippen molar-refractivity contribution in [3.63, 3.8) is 0 Å². The van der Waals surface area contributed by atoms with Gasteiger partial charge in [0.25, 0.3) is 0 Å². The molecule has 0 aromatic carbocycles. The third kappa shape index (κ3) is 1.58. The van der Waals surface area contributed by atoms with E-state index >= 15 is 0 Å². The van der Waals surface area contributed by atoms with E-state index in [0.29, 0.717) is 19.4 Å². The van der Waals surface area contributed by atoms with Gasteiger partial charge in [0, 0.05) is 0 Å². The molecule has 0 aromatic rings. The Bertz CT molecular complexity index is 217. The van der Waals surface area contributed by atoms with E-state index in [1.807, 2.05) is 6.92 Å². The zero-order chi connectivity index (χ0) is 9.90. The van der Waals surface area contributed by atoms with Crippen molar-refractivity contribution in [3.8, 4) is 0 Å². The molecule has 0 spiro atoms. The first kappa shape index (κ1) is 10.2. The van der Waals surface area contributed by atoms with Gasteiger partial charge in [-0.1, -0.05) is 6.92 Å². The van der Waals surface area contributed by atoms with Gasteiger partial charge in [-0.15, -0.1) is 0 Å². The monoisotopic (exact) mass is 185 g/mol. The average Bonchev–Trinajstić information content (AvgIpc) is 2.18. The van der Waals surface area contributed by atoms with Crippen LogP contribution in [0.5, 0.6) is 0 Å².